The summed E-state index contributed by atoms with van der Waals surface area (Å²) in [7, 11) is 0. The summed E-state index contributed by atoms with van der Waals surface area (Å²) in [4.78, 5) is 21.6. The highest BCUT2D eigenvalue weighted by Gasteiger charge is 2.27. The minimum atomic E-state index is -0.440. The molecule has 1 aliphatic heterocycles. The van der Waals surface area contributed by atoms with Crippen molar-refractivity contribution in [3.05, 3.63) is 51.3 Å². The molecule has 1 aromatic rings. The van der Waals surface area contributed by atoms with Crippen molar-refractivity contribution in [2.75, 3.05) is 0 Å². The molecular weight excluding hydrogens is 234 g/mol. The smallest absolute Gasteiger partial charge is 0.269 e. The first-order valence-corrected chi connectivity index (χ1v) is 5.60. The Hall–Kier alpha value is -2.17. The van der Waals surface area contributed by atoms with Gasteiger partial charge in [0, 0.05) is 24.1 Å². The molecule has 0 fully saturated rings. The highest BCUT2D eigenvalue weighted by molar-refractivity contribution is 5.94. The fraction of sp³-hybridized carbons (Fsp3) is 0.308. The van der Waals surface area contributed by atoms with E-state index in [0.717, 1.165) is 5.56 Å². The third kappa shape index (κ3) is 2.25. The number of Topliss-reactive ketones (excluding diaryl/α,β-unsaturated/α-hetero) is 1. The highest BCUT2D eigenvalue weighted by Crippen LogP contribution is 2.36. The van der Waals surface area contributed by atoms with Gasteiger partial charge in [0.15, 0.2) is 5.78 Å². The monoisotopic (exact) mass is 247 g/mol. The molecule has 2 rings (SSSR count). The average molecular weight is 247 g/mol. The van der Waals surface area contributed by atoms with E-state index >= 15 is 0 Å². The third-order valence-electron chi connectivity index (χ3n) is 3.01. The van der Waals surface area contributed by atoms with Crippen LogP contribution in [0.5, 0.6) is 0 Å². The second kappa shape index (κ2) is 4.60. The van der Waals surface area contributed by atoms with Crippen LogP contribution in [0.4, 0.5) is 5.69 Å². The Bertz CT molecular complexity index is 548. The molecule has 1 aliphatic rings. The van der Waals surface area contributed by atoms with E-state index in [1.54, 1.807) is 19.1 Å². The number of ketones is 1. The number of ether oxygens (including phenoxy) is 1. The summed E-state index contributed by atoms with van der Waals surface area (Å²) in [6, 6.07) is 6.32. The molecule has 0 spiro atoms. The number of carbonyl (C=O) groups is 1. The maximum absolute atomic E-state index is 11.4. The van der Waals surface area contributed by atoms with Gasteiger partial charge in [-0.05, 0) is 19.4 Å². The first-order chi connectivity index (χ1) is 8.49. The summed E-state index contributed by atoms with van der Waals surface area (Å²) < 4.78 is 5.59. The first-order valence-electron chi connectivity index (χ1n) is 5.60. The van der Waals surface area contributed by atoms with Crippen molar-refractivity contribution in [2.24, 2.45) is 0 Å². The van der Waals surface area contributed by atoms with Crippen molar-refractivity contribution in [1.82, 2.24) is 0 Å². The lowest BCUT2D eigenvalue weighted by atomic mass is 10.0. The van der Waals surface area contributed by atoms with E-state index in [-0.39, 0.29) is 17.6 Å². The van der Waals surface area contributed by atoms with E-state index in [1.807, 2.05) is 0 Å². The SMILES string of the molecule is CC(=O)C1=C(C)OC(c2cccc([N+](=O)[O-])c2)C1. The molecule has 0 saturated carbocycles. The van der Waals surface area contributed by atoms with E-state index in [1.165, 1.54) is 19.1 Å². The number of hydrogen-bond donors (Lipinski definition) is 0. The maximum atomic E-state index is 11.4. The number of hydrogen-bond acceptors (Lipinski definition) is 4. The molecular formula is C13H13NO4. The summed E-state index contributed by atoms with van der Waals surface area (Å²) in [6.45, 7) is 3.24. The van der Waals surface area contributed by atoms with Gasteiger partial charge in [-0.2, -0.15) is 0 Å². The number of rotatable bonds is 3. The maximum Gasteiger partial charge on any atom is 0.269 e. The van der Waals surface area contributed by atoms with Crippen molar-refractivity contribution in [2.45, 2.75) is 26.4 Å². The van der Waals surface area contributed by atoms with Crippen LogP contribution in [0.3, 0.4) is 0 Å². The van der Waals surface area contributed by atoms with Gasteiger partial charge in [0.05, 0.1) is 4.92 Å². The molecule has 1 aromatic carbocycles. The van der Waals surface area contributed by atoms with Crippen molar-refractivity contribution < 1.29 is 14.5 Å². The Kier molecular flexibility index (Phi) is 3.14. The molecule has 0 radical (unpaired) electrons. The summed E-state index contributed by atoms with van der Waals surface area (Å²) in [5.74, 6) is 0.597. The standard InChI is InChI=1S/C13H13NO4/c1-8(15)12-7-13(18-9(12)2)10-4-3-5-11(6-10)14(16)17/h3-6,13H,7H2,1-2H3. The predicted octanol–water partition coefficient (Wildman–Crippen LogP) is 2.92. The van der Waals surface area contributed by atoms with Crippen molar-refractivity contribution in [1.29, 1.82) is 0 Å². The van der Waals surface area contributed by atoms with E-state index < -0.39 is 4.92 Å². The molecule has 94 valence electrons. The molecule has 1 heterocycles. The van der Waals surface area contributed by atoms with Crippen LogP contribution in [0, 0.1) is 10.1 Å². The zero-order chi connectivity index (χ0) is 13.3. The summed E-state index contributed by atoms with van der Waals surface area (Å²) in [5.41, 5.74) is 1.41. The van der Waals surface area contributed by atoms with Crippen molar-refractivity contribution in [3.63, 3.8) is 0 Å². The molecule has 0 bridgehead atoms. The summed E-state index contributed by atoms with van der Waals surface area (Å²) >= 11 is 0. The Morgan fingerprint density at radius 2 is 2.22 bits per heavy atom. The van der Waals surface area contributed by atoms with Crippen LogP contribution in [0.2, 0.25) is 0 Å². The molecule has 18 heavy (non-hydrogen) atoms. The van der Waals surface area contributed by atoms with Crippen molar-refractivity contribution >= 4 is 11.5 Å². The van der Waals surface area contributed by atoms with Gasteiger partial charge in [0.25, 0.3) is 5.69 Å². The molecule has 1 atom stereocenters. The second-order valence-corrected chi connectivity index (χ2v) is 4.25. The van der Waals surface area contributed by atoms with E-state index in [4.69, 9.17) is 4.74 Å². The van der Waals surface area contributed by atoms with Gasteiger partial charge < -0.3 is 4.74 Å². The highest BCUT2D eigenvalue weighted by atomic mass is 16.6. The number of nitro benzene ring substituents is 1. The number of nitrogens with zero attached hydrogens (tertiary/aromatic N) is 1. The third-order valence-corrected chi connectivity index (χ3v) is 3.01. The quantitative estimate of drug-likeness (QED) is 0.608. The Labute approximate surface area is 104 Å². The number of benzene rings is 1. The predicted molar refractivity (Wildman–Crippen MR) is 64.9 cm³/mol. The molecule has 5 heteroatoms. The fourth-order valence-electron chi connectivity index (χ4n) is 2.07. The van der Waals surface area contributed by atoms with E-state index in [9.17, 15) is 14.9 Å². The number of allylic oxidation sites excluding steroid dienone is 1. The average Bonchev–Trinajstić information content (AvgIpc) is 2.71. The van der Waals surface area contributed by atoms with Crippen LogP contribution in [-0.2, 0) is 9.53 Å². The van der Waals surface area contributed by atoms with Gasteiger partial charge >= 0.3 is 0 Å². The van der Waals surface area contributed by atoms with Crippen LogP contribution >= 0.6 is 0 Å². The fourth-order valence-corrected chi connectivity index (χ4v) is 2.07. The lowest BCUT2D eigenvalue weighted by molar-refractivity contribution is -0.385. The van der Waals surface area contributed by atoms with Gasteiger partial charge in [-0.25, -0.2) is 0 Å². The Morgan fingerprint density at radius 1 is 1.50 bits per heavy atom. The second-order valence-electron chi connectivity index (χ2n) is 4.25. The van der Waals surface area contributed by atoms with Crippen LogP contribution in [0.25, 0.3) is 0 Å². The van der Waals surface area contributed by atoms with Crippen molar-refractivity contribution in [3.8, 4) is 0 Å². The van der Waals surface area contributed by atoms with E-state index in [2.05, 4.69) is 0 Å². The van der Waals surface area contributed by atoms with Gasteiger partial charge in [-0.3, -0.25) is 14.9 Å². The summed E-state index contributed by atoms with van der Waals surface area (Å²) in [5, 5.41) is 10.7. The van der Waals surface area contributed by atoms with Gasteiger partial charge in [-0.1, -0.05) is 12.1 Å². The first kappa shape index (κ1) is 12.3. The summed E-state index contributed by atoms with van der Waals surface area (Å²) in [6.07, 6.45) is 0.173. The van der Waals surface area contributed by atoms with Crippen LogP contribution in [0.1, 0.15) is 31.9 Å². The van der Waals surface area contributed by atoms with Crippen LogP contribution in [0.15, 0.2) is 35.6 Å². The molecule has 0 amide bonds. The number of carbonyl (C=O) groups excluding carboxylic acids is 1. The topological polar surface area (TPSA) is 69.4 Å². The van der Waals surface area contributed by atoms with Crippen LogP contribution < -0.4 is 0 Å². The minimum Gasteiger partial charge on any atom is -0.490 e. The minimum absolute atomic E-state index is 0.0135. The van der Waals surface area contributed by atoms with Gasteiger partial charge in [-0.15, -0.1) is 0 Å². The lowest BCUT2D eigenvalue weighted by Gasteiger charge is -2.11. The molecule has 1 unspecified atom stereocenters. The zero-order valence-electron chi connectivity index (χ0n) is 10.2. The molecule has 0 N–H and O–H groups in total. The Morgan fingerprint density at radius 3 is 2.78 bits per heavy atom. The van der Waals surface area contributed by atoms with Gasteiger partial charge in [0.2, 0.25) is 0 Å². The largest absolute Gasteiger partial charge is 0.490 e. The molecule has 5 nitrogen and oxygen atoms in total. The zero-order valence-corrected chi connectivity index (χ0v) is 10.2. The molecule has 0 aliphatic carbocycles. The molecule has 0 saturated heterocycles. The van der Waals surface area contributed by atoms with Gasteiger partial charge in [0.1, 0.15) is 11.9 Å². The van der Waals surface area contributed by atoms with E-state index in [0.29, 0.717) is 17.8 Å². The number of nitro groups is 1. The number of non-ortho nitro benzene ring substituents is 1. The normalized spacial score (nSPS) is 18.7. The van der Waals surface area contributed by atoms with Crippen LogP contribution in [-0.4, -0.2) is 10.7 Å². The lowest BCUT2D eigenvalue weighted by Crippen LogP contribution is -2.00. The Balaban J connectivity index is 2.24. The molecule has 0 aromatic heterocycles.